The summed E-state index contributed by atoms with van der Waals surface area (Å²) in [6, 6.07) is 0. The highest BCUT2D eigenvalue weighted by Gasteiger charge is 2.36. The molecule has 1 saturated heterocycles. The second-order valence-corrected chi connectivity index (χ2v) is 6.79. The van der Waals surface area contributed by atoms with E-state index in [9.17, 15) is 13.5 Å². The van der Waals surface area contributed by atoms with Gasteiger partial charge in [-0.25, -0.2) is 8.42 Å². The van der Waals surface area contributed by atoms with Crippen molar-refractivity contribution in [2.45, 2.75) is 38.2 Å². The number of aliphatic hydroxyl groups is 1. The topological polar surface area (TPSA) is 86.3 Å². The molecule has 2 unspecified atom stereocenters. The van der Waals surface area contributed by atoms with Crippen molar-refractivity contribution in [3.8, 4) is 0 Å². The number of rotatable bonds is 3. The highest BCUT2D eigenvalue weighted by molar-refractivity contribution is 7.89. The van der Waals surface area contributed by atoms with E-state index < -0.39 is 16.1 Å². The highest BCUT2D eigenvalue weighted by atomic mass is 32.2. The van der Waals surface area contributed by atoms with E-state index in [4.69, 9.17) is 0 Å². The van der Waals surface area contributed by atoms with Gasteiger partial charge in [-0.15, -0.1) is 0 Å². The molecule has 2 N–H and O–H groups in total. The van der Waals surface area contributed by atoms with Gasteiger partial charge >= 0.3 is 0 Å². The lowest BCUT2D eigenvalue weighted by Gasteiger charge is -2.17. The van der Waals surface area contributed by atoms with Crippen LogP contribution in [0, 0.1) is 19.8 Å². The van der Waals surface area contributed by atoms with Gasteiger partial charge in [0.15, 0.2) is 0 Å². The molecule has 1 aliphatic heterocycles. The van der Waals surface area contributed by atoms with E-state index in [1.54, 1.807) is 20.8 Å². The molecular formula is C11H19N3O3S. The molecule has 2 rings (SSSR count). The number of aromatic nitrogens is 2. The van der Waals surface area contributed by atoms with Crippen LogP contribution in [0.4, 0.5) is 0 Å². The molecule has 2 heterocycles. The molecule has 0 bridgehead atoms. The number of aromatic amines is 1. The fourth-order valence-electron chi connectivity index (χ4n) is 2.42. The Labute approximate surface area is 107 Å². The number of sulfonamides is 1. The second kappa shape index (κ2) is 4.64. The average molecular weight is 273 g/mol. The summed E-state index contributed by atoms with van der Waals surface area (Å²) in [5.41, 5.74) is 1.06. The number of hydrogen-bond donors (Lipinski definition) is 2. The maximum atomic E-state index is 12.5. The Bertz CT molecular complexity index is 516. The molecule has 0 aliphatic carbocycles. The lowest BCUT2D eigenvalue weighted by molar-refractivity contribution is 0.133. The minimum atomic E-state index is -3.49. The minimum Gasteiger partial charge on any atom is -0.393 e. The van der Waals surface area contributed by atoms with Crippen LogP contribution in [-0.2, 0) is 10.0 Å². The summed E-state index contributed by atoms with van der Waals surface area (Å²) in [5.74, 6) is 0.0206. The van der Waals surface area contributed by atoms with E-state index in [0.29, 0.717) is 30.9 Å². The summed E-state index contributed by atoms with van der Waals surface area (Å²) >= 11 is 0. The van der Waals surface area contributed by atoms with Gasteiger partial charge in [0, 0.05) is 13.1 Å². The van der Waals surface area contributed by atoms with Crippen molar-refractivity contribution in [3.05, 3.63) is 11.4 Å². The van der Waals surface area contributed by atoms with Crippen LogP contribution in [0.1, 0.15) is 24.7 Å². The Hall–Kier alpha value is -0.920. The Balaban J connectivity index is 2.29. The van der Waals surface area contributed by atoms with E-state index >= 15 is 0 Å². The van der Waals surface area contributed by atoms with Crippen molar-refractivity contribution in [3.63, 3.8) is 0 Å². The van der Waals surface area contributed by atoms with Gasteiger partial charge in [-0.3, -0.25) is 5.10 Å². The zero-order chi connectivity index (χ0) is 13.5. The fraction of sp³-hybridized carbons (Fsp3) is 0.727. The molecule has 0 spiro atoms. The lowest BCUT2D eigenvalue weighted by atomic mass is 10.0. The highest BCUT2D eigenvalue weighted by Crippen LogP contribution is 2.28. The summed E-state index contributed by atoms with van der Waals surface area (Å²) < 4.78 is 26.4. The van der Waals surface area contributed by atoms with Crippen LogP contribution in [0.15, 0.2) is 4.90 Å². The van der Waals surface area contributed by atoms with Gasteiger partial charge in [-0.2, -0.15) is 9.40 Å². The molecule has 1 aliphatic rings. The molecular weight excluding hydrogens is 254 g/mol. The molecule has 0 saturated carbocycles. The van der Waals surface area contributed by atoms with Crippen LogP contribution in [0.3, 0.4) is 0 Å². The van der Waals surface area contributed by atoms with E-state index in [1.165, 1.54) is 4.31 Å². The van der Waals surface area contributed by atoms with E-state index in [2.05, 4.69) is 10.2 Å². The predicted molar refractivity (Wildman–Crippen MR) is 66.6 cm³/mol. The zero-order valence-corrected chi connectivity index (χ0v) is 11.7. The van der Waals surface area contributed by atoms with E-state index in [1.807, 2.05) is 0 Å². The van der Waals surface area contributed by atoms with E-state index in [0.717, 1.165) is 0 Å². The van der Waals surface area contributed by atoms with Crippen LogP contribution >= 0.6 is 0 Å². The third-order valence-corrected chi connectivity index (χ3v) is 5.66. The van der Waals surface area contributed by atoms with Gasteiger partial charge in [0.25, 0.3) is 0 Å². The number of hydrogen-bond acceptors (Lipinski definition) is 4. The summed E-state index contributed by atoms with van der Waals surface area (Å²) in [4.78, 5) is 0.272. The summed E-state index contributed by atoms with van der Waals surface area (Å²) in [5, 5.41) is 16.2. The quantitative estimate of drug-likeness (QED) is 0.835. The molecule has 18 heavy (non-hydrogen) atoms. The van der Waals surface area contributed by atoms with Gasteiger partial charge in [0.2, 0.25) is 10.0 Å². The molecule has 7 heteroatoms. The molecule has 0 amide bonds. The Kier molecular flexibility index (Phi) is 3.48. The van der Waals surface area contributed by atoms with Crippen LogP contribution in [0.25, 0.3) is 0 Å². The molecule has 2 atom stereocenters. The molecule has 0 radical (unpaired) electrons. The molecule has 1 fully saturated rings. The lowest BCUT2D eigenvalue weighted by Crippen LogP contribution is -2.31. The number of nitrogens with one attached hydrogen (secondary N) is 1. The molecule has 6 nitrogen and oxygen atoms in total. The molecule has 102 valence electrons. The first-order valence-electron chi connectivity index (χ1n) is 6.04. The van der Waals surface area contributed by atoms with Crippen LogP contribution in [0.5, 0.6) is 0 Å². The van der Waals surface area contributed by atoms with Gasteiger partial charge < -0.3 is 5.11 Å². The van der Waals surface area contributed by atoms with Crippen LogP contribution < -0.4 is 0 Å². The molecule has 0 aromatic carbocycles. The first-order chi connectivity index (χ1) is 8.34. The first-order valence-corrected chi connectivity index (χ1v) is 7.48. The average Bonchev–Trinajstić information content (AvgIpc) is 2.85. The number of aryl methyl sites for hydroxylation is 2. The van der Waals surface area contributed by atoms with Crippen molar-refractivity contribution < 1.29 is 13.5 Å². The Morgan fingerprint density at radius 1 is 1.50 bits per heavy atom. The van der Waals surface area contributed by atoms with Crippen molar-refractivity contribution in [2.24, 2.45) is 5.92 Å². The number of nitrogens with zero attached hydrogens (tertiary/aromatic N) is 2. The molecule has 1 aromatic heterocycles. The Morgan fingerprint density at radius 3 is 2.61 bits per heavy atom. The third kappa shape index (κ3) is 2.17. The van der Waals surface area contributed by atoms with Gasteiger partial charge in [0.1, 0.15) is 4.90 Å². The summed E-state index contributed by atoms with van der Waals surface area (Å²) in [6.45, 7) is 5.93. The van der Waals surface area contributed by atoms with Gasteiger partial charge in [-0.05, 0) is 33.1 Å². The summed E-state index contributed by atoms with van der Waals surface area (Å²) in [6.07, 6.45) is 0.226. The smallest absolute Gasteiger partial charge is 0.246 e. The maximum absolute atomic E-state index is 12.5. The van der Waals surface area contributed by atoms with Crippen molar-refractivity contribution in [1.29, 1.82) is 0 Å². The Morgan fingerprint density at radius 2 is 2.17 bits per heavy atom. The number of aliphatic hydroxyl groups excluding tert-OH is 1. The summed E-state index contributed by atoms with van der Waals surface area (Å²) in [7, 11) is -3.49. The second-order valence-electron chi connectivity index (χ2n) is 4.92. The standard InChI is InChI=1S/C11H19N3O3S/c1-7-11(8(2)13-12-7)18(16,17)14-5-4-10(6-14)9(3)15/h9-10,15H,4-6H2,1-3H3,(H,12,13). The predicted octanol–water partition coefficient (Wildman–Crippen LogP) is 0.418. The van der Waals surface area contributed by atoms with Crippen molar-refractivity contribution in [1.82, 2.24) is 14.5 Å². The minimum absolute atomic E-state index is 0.0206. The number of H-pyrrole nitrogens is 1. The largest absolute Gasteiger partial charge is 0.393 e. The van der Waals surface area contributed by atoms with Gasteiger partial charge in [0.05, 0.1) is 17.5 Å². The first kappa shape index (κ1) is 13.5. The third-order valence-electron chi connectivity index (χ3n) is 3.53. The van der Waals surface area contributed by atoms with Crippen molar-refractivity contribution >= 4 is 10.0 Å². The normalized spacial score (nSPS) is 23.4. The fourth-order valence-corrected chi connectivity index (χ4v) is 4.26. The monoisotopic (exact) mass is 273 g/mol. The maximum Gasteiger partial charge on any atom is 0.246 e. The SMILES string of the molecule is Cc1n[nH]c(C)c1S(=O)(=O)N1CCC(C(C)O)C1. The zero-order valence-electron chi connectivity index (χ0n) is 10.8. The van der Waals surface area contributed by atoms with Crippen LogP contribution in [-0.4, -0.2) is 47.2 Å². The van der Waals surface area contributed by atoms with Crippen LogP contribution in [0.2, 0.25) is 0 Å². The molecule has 1 aromatic rings. The van der Waals surface area contributed by atoms with E-state index in [-0.39, 0.29) is 10.8 Å². The van der Waals surface area contributed by atoms with Crippen molar-refractivity contribution in [2.75, 3.05) is 13.1 Å². The van der Waals surface area contributed by atoms with Gasteiger partial charge in [-0.1, -0.05) is 0 Å².